The van der Waals surface area contributed by atoms with E-state index in [0.717, 1.165) is 19.3 Å². The van der Waals surface area contributed by atoms with E-state index in [1.165, 1.54) is 16.0 Å². The van der Waals surface area contributed by atoms with Gasteiger partial charge in [-0.15, -0.1) is 11.8 Å². The van der Waals surface area contributed by atoms with Gasteiger partial charge in [-0.25, -0.2) is 0 Å². The largest absolute Gasteiger partial charge is 0.396 e. The lowest BCUT2D eigenvalue weighted by Crippen LogP contribution is -2.39. The van der Waals surface area contributed by atoms with Gasteiger partial charge in [0.2, 0.25) is 5.91 Å². The van der Waals surface area contributed by atoms with Crippen molar-refractivity contribution >= 4 is 17.7 Å². The van der Waals surface area contributed by atoms with Gasteiger partial charge in [0.25, 0.3) is 0 Å². The Bertz CT molecular complexity index is 476. The first-order valence-corrected chi connectivity index (χ1v) is 8.19. The number of carbonyl (C=O) groups is 1. The fraction of sp³-hybridized carbons (Fsp3) is 0.562. The van der Waals surface area contributed by atoms with Gasteiger partial charge in [0, 0.05) is 23.5 Å². The first kappa shape index (κ1) is 15.4. The van der Waals surface area contributed by atoms with Gasteiger partial charge in [0.1, 0.15) is 0 Å². The van der Waals surface area contributed by atoms with E-state index in [2.05, 4.69) is 37.4 Å². The Kier molecular flexibility index (Phi) is 5.49. The molecule has 0 radical (unpaired) electrons. The Morgan fingerprint density at radius 2 is 2.20 bits per heavy atom. The summed E-state index contributed by atoms with van der Waals surface area (Å²) in [5.74, 6) is 0.754. The molecular weight excluding hydrogens is 270 g/mol. The third kappa shape index (κ3) is 4.00. The number of aliphatic hydroxyl groups is 1. The monoisotopic (exact) mass is 293 g/mol. The van der Waals surface area contributed by atoms with Crippen LogP contribution in [-0.2, 0) is 4.79 Å². The second-order valence-electron chi connectivity index (χ2n) is 5.61. The van der Waals surface area contributed by atoms with E-state index in [0.29, 0.717) is 5.75 Å². The fourth-order valence-corrected chi connectivity index (χ4v) is 3.63. The zero-order valence-corrected chi connectivity index (χ0v) is 13.0. The van der Waals surface area contributed by atoms with Crippen LogP contribution in [0, 0.1) is 19.8 Å². The predicted molar refractivity (Wildman–Crippen MR) is 83.0 cm³/mol. The molecule has 1 aliphatic carbocycles. The van der Waals surface area contributed by atoms with Gasteiger partial charge >= 0.3 is 0 Å². The molecule has 1 aliphatic rings. The topological polar surface area (TPSA) is 49.3 Å². The van der Waals surface area contributed by atoms with Gasteiger partial charge in [-0.1, -0.05) is 24.1 Å². The smallest absolute Gasteiger partial charge is 0.230 e. The van der Waals surface area contributed by atoms with Crippen LogP contribution in [0.4, 0.5) is 0 Å². The Hall–Kier alpha value is -1.00. The third-order valence-electron chi connectivity index (χ3n) is 3.94. The van der Waals surface area contributed by atoms with Gasteiger partial charge in [0.05, 0.1) is 5.75 Å². The molecule has 1 fully saturated rings. The molecule has 20 heavy (non-hydrogen) atoms. The normalized spacial score (nSPS) is 21.9. The maximum absolute atomic E-state index is 12.0. The molecule has 0 aliphatic heterocycles. The van der Waals surface area contributed by atoms with Crippen molar-refractivity contribution in [3.05, 3.63) is 29.3 Å². The first-order valence-electron chi connectivity index (χ1n) is 7.20. The lowest BCUT2D eigenvalue weighted by Gasteiger charge is -2.19. The number of aryl methyl sites for hydroxylation is 2. The molecule has 2 N–H and O–H groups in total. The third-order valence-corrected chi connectivity index (χ3v) is 5.10. The number of rotatable bonds is 5. The zero-order chi connectivity index (χ0) is 14.5. The minimum absolute atomic E-state index is 0.0706. The van der Waals surface area contributed by atoms with Crippen molar-refractivity contribution in [1.82, 2.24) is 5.32 Å². The summed E-state index contributed by atoms with van der Waals surface area (Å²) in [5.41, 5.74) is 2.43. The van der Waals surface area contributed by atoms with Crippen LogP contribution in [0.15, 0.2) is 23.1 Å². The van der Waals surface area contributed by atoms with Crippen LogP contribution in [-0.4, -0.2) is 29.4 Å². The molecule has 110 valence electrons. The summed E-state index contributed by atoms with van der Waals surface area (Å²) in [7, 11) is 0. The van der Waals surface area contributed by atoms with Crippen molar-refractivity contribution in [2.24, 2.45) is 5.92 Å². The Morgan fingerprint density at radius 1 is 1.40 bits per heavy atom. The highest BCUT2D eigenvalue weighted by Gasteiger charge is 2.27. The fourth-order valence-electron chi connectivity index (χ4n) is 2.70. The molecule has 2 rings (SSSR count). The van der Waals surface area contributed by atoms with Crippen molar-refractivity contribution in [1.29, 1.82) is 0 Å². The zero-order valence-electron chi connectivity index (χ0n) is 12.2. The summed E-state index contributed by atoms with van der Waals surface area (Å²) in [5, 5.41) is 12.3. The Morgan fingerprint density at radius 3 is 2.95 bits per heavy atom. The van der Waals surface area contributed by atoms with Gasteiger partial charge < -0.3 is 10.4 Å². The highest BCUT2D eigenvalue weighted by Crippen LogP contribution is 2.26. The summed E-state index contributed by atoms with van der Waals surface area (Å²) in [6, 6.07) is 6.46. The second-order valence-corrected chi connectivity index (χ2v) is 6.62. The van der Waals surface area contributed by atoms with Crippen molar-refractivity contribution in [2.75, 3.05) is 12.4 Å². The van der Waals surface area contributed by atoms with E-state index in [4.69, 9.17) is 0 Å². The molecule has 1 aromatic rings. The molecule has 2 unspecified atom stereocenters. The highest BCUT2D eigenvalue weighted by atomic mass is 32.2. The number of thioether (sulfide) groups is 1. The summed E-state index contributed by atoms with van der Waals surface area (Å²) < 4.78 is 0. The van der Waals surface area contributed by atoms with E-state index in [-0.39, 0.29) is 24.5 Å². The molecule has 1 saturated carbocycles. The SMILES string of the molecule is Cc1ccc(C)c(SCC(=O)NC2CCCC2CO)c1. The number of hydrogen-bond donors (Lipinski definition) is 2. The minimum atomic E-state index is 0.0706. The predicted octanol–water partition coefficient (Wildman–Crippen LogP) is 2.67. The molecule has 1 aromatic carbocycles. The number of benzene rings is 1. The number of amides is 1. The van der Waals surface area contributed by atoms with E-state index >= 15 is 0 Å². The Balaban J connectivity index is 1.84. The lowest BCUT2D eigenvalue weighted by atomic mass is 10.1. The van der Waals surface area contributed by atoms with Gasteiger partial charge in [0.15, 0.2) is 0 Å². The lowest BCUT2D eigenvalue weighted by molar-refractivity contribution is -0.119. The van der Waals surface area contributed by atoms with Gasteiger partial charge in [-0.3, -0.25) is 4.79 Å². The molecule has 0 aromatic heterocycles. The van der Waals surface area contributed by atoms with Crippen molar-refractivity contribution < 1.29 is 9.90 Å². The highest BCUT2D eigenvalue weighted by molar-refractivity contribution is 8.00. The van der Waals surface area contributed by atoms with E-state index in [1.54, 1.807) is 11.8 Å². The van der Waals surface area contributed by atoms with Crippen LogP contribution < -0.4 is 5.32 Å². The summed E-state index contributed by atoms with van der Waals surface area (Å²) >= 11 is 1.59. The van der Waals surface area contributed by atoms with Crippen LogP contribution in [0.3, 0.4) is 0 Å². The maximum Gasteiger partial charge on any atom is 0.230 e. The van der Waals surface area contributed by atoms with E-state index < -0.39 is 0 Å². The molecule has 1 amide bonds. The average molecular weight is 293 g/mol. The molecule has 4 heteroatoms. The maximum atomic E-state index is 12.0. The van der Waals surface area contributed by atoms with Crippen LogP contribution in [0.5, 0.6) is 0 Å². The van der Waals surface area contributed by atoms with Crippen molar-refractivity contribution in [3.8, 4) is 0 Å². The molecule has 3 nitrogen and oxygen atoms in total. The summed E-state index contributed by atoms with van der Waals surface area (Å²) in [4.78, 5) is 13.2. The van der Waals surface area contributed by atoms with Crippen LogP contribution in [0.1, 0.15) is 30.4 Å². The second kappa shape index (κ2) is 7.14. The van der Waals surface area contributed by atoms with Gasteiger partial charge in [-0.2, -0.15) is 0 Å². The molecule has 0 saturated heterocycles. The Labute approximate surface area is 125 Å². The standard InChI is InChI=1S/C16H23NO2S/c1-11-6-7-12(2)15(8-11)20-10-16(19)17-14-5-3-4-13(14)9-18/h6-8,13-14,18H,3-5,9-10H2,1-2H3,(H,17,19). The number of hydrogen-bond acceptors (Lipinski definition) is 3. The summed E-state index contributed by atoms with van der Waals surface area (Å²) in [6.45, 7) is 4.31. The average Bonchev–Trinajstić information content (AvgIpc) is 2.87. The number of aliphatic hydroxyl groups excluding tert-OH is 1. The number of nitrogens with one attached hydrogen (secondary N) is 1. The molecular formula is C16H23NO2S. The van der Waals surface area contributed by atoms with E-state index in [1.807, 2.05) is 0 Å². The van der Waals surface area contributed by atoms with Crippen LogP contribution in [0.2, 0.25) is 0 Å². The molecule has 0 bridgehead atoms. The molecule has 0 heterocycles. The van der Waals surface area contributed by atoms with Crippen molar-refractivity contribution in [3.63, 3.8) is 0 Å². The minimum Gasteiger partial charge on any atom is -0.396 e. The van der Waals surface area contributed by atoms with Crippen LogP contribution >= 0.6 is 11.8 Å². The molecule has 2 atom stereocenters. The van der Waals surface area contributed by atoms with Gasteiger partial charge in [-0.05, 0) is 38.3 Å². The number of carbonyl (C=O) groups excluding carboxylic acids is 1. The first-order chi connectivity index (χ1) is 9.60. The quantitative estimate of drug-likeness (QED) is 0.821. The molecule has 0 spiro atoms. The summed E-state index contributed by atoms with van der Waals surface area (Å²) in [6.07, 6.45) is 3.11. The van der Waals surface area contributed by atoms with E-state index in [9.17, 15) is 9.90 Å². The van der Waals surface area contributed by atoms with Crippen molar-refractivity contribution in [2.45, 2.75) is 44.0 Å². The van der Waals surface area contributed by atoms with Crippen LogP contribution in [0.25, 0.3) is 0 Å².